The Kier molecular flexibility index (Phi) is 5.92. The third-order valence-electron chi connectivity index (χ3n) is 6.15. The van der Waals surface area contributed by atoms with Gasteiger partial charge >= 0.3 is 6.09 Å². The summed E-state index contributed by atoms with van der Waals surface area (Å²) >= 11 is 0. The first-order valence-electron chi connectivity index (χ1n) is 11.8. The number of benzene rings is 1. The molecule has 2 aliphatic heterocycles. The number of amides is 2. The van der Waals surface area contributed by atoms with Crippen LogP contribution in [0.4, 0.5) is 15.0 Å². The molecule has 0 radical (unpaired) electrons. The van der Waals surface area contributed by atoms with Gasteiger partial charge in [0.05, 0.1) is 52.5 Å². The van der Waals surface area contributed by atoms with Crippen molar-refractivity contribution in [1.29, 1.82) is 5.26 Å². The first kappa shape index (κ1) is 24.4. The number of ether oxygens (including phenoxy) is 1. The summed E-state index contributed by atoms with van der Waals surface area (Å²) in [4.78, 5) is 33.6. The molecular weight excluding hydrogens is 479 g/mol. The Bertz CT molecular complexity index is 1450. The Morgan fingerprint density at radius 2 is 2.05 bits per heavy atom. The highest BCUT2D eigenvalue weighted by Gasteiger charge is 2.39. The smallest absolute Gasteiger partial charge is 0.417 e. The predicted molar refractivity (Wildman–Crippen MR) is 130 cm³/mol. The molecule has 5 rings (SSSR count). The van der Waals surface area contributed by atoms with Crippen molar-refractivity contribution in [1.82, 2.24) is 19.7 Å². The number of rotatable bonds is 3. The summed E-state index contributed by atoms with van der Waals surface area (Å²) in [5, 5.41) is 24.1. The van der Waals surface area contributed by atoms with Gasteiger partial charge in [-0.15, -0.1) is 0 Å². The van der Waals surface area contributed by atoms with E-state index in [0.717, 1.165) is 4.90 Å². The molecular formula is C26H25FN6O4. The molecule has 1 aromatic carbocycles. The largest absolute Gasteiger partial charge is 0.443 e. The number of β-amino-alcohol motifs (C(OH)–C–C–N with tert-alkyl or cyclic N) is 1. The van der Waals surface area contributed by atoms with Crippen LogP contribution in [0.1, 0.15) is 48.8 Å². The molecule has 2 amide bonds. The lowest BCUT2D eigenvalue weighted by atomic mass is 10.0. The van der Waals surface area contributed by atoms with Gasteiger partial charge in [-0.3, -0.25) is 4.79 Å². The third kappa shape index (κ3) is 4.51. The predicted octanol–water partition coefficient (Wildman–Crippen LogP) is 3.41. The summed E-state index contributed by atoms with van der Waals surface area (Å²) in [6, 6.07) is 9.37. The number of pyridine rings is 1. The number of carbonyl (C=O) groups is 2. The monoisotopic (exact) mass is 504 g/mol. The van der Waals surface area contributed by atoms with Crippen molar-refractivity contribution in [3.8, 4) is 23.0 Å². The standard InChI is InChI=1S/C26H25FN6O4/c1-26(2,3)37-25(36)32-14-19-23(24(32)35)20(33-10-8-21(30-33)31-9-7-16(34)13-31)11-18(29-19)22-15(12-28)5-4-6-17(22)27/h4-6,8,10-11,16,34H,7,9,13-14H2,1-3H3. The van der Waals surface area contributed by atoms with Gasteiger partial charge in [0.25, 0.3) is 5.91 Å². The number of nitrogens with zero attached hydrogens (tertiary/aromatic N) is 6. The van der Waals surface area contributed by atoms with Gasteiger partial charge in [0.1, 0.15) is 11.4 Å². The van der Waals surface area contributed by atoms with Gasteiger partial charge in [-0.05, 0) is 45.4 Å². The van der Waals surface area contributed by atoms with E-state index < -0.39 is 29.5 Å². The van der Waals surface area contributed by atoms with Crippen LogP contribution < -0.4 is 4.90 Å². The summed E-state index contributed by atoms with van der Waals surface area (Å²) < 4.78 is 21.8. The van der Waals surface area contributed by atoms with Crippen LogP contribution in [-0.4, -0.2) is 61.6 Å². The molecule has 1 saturated heterocycles. The molecule has 190 valence electrons. The molecule has 1 fully saturated rings. The SMILES string of the molecule is CC(C)(C)OC(=O)N1Cc2nc(-c3c(F)cccc3C#N)cc(-n3ccc(N4CCC(O)C4)n3)c2C1=O. The second-order valence-corrected chi connectivity index (χ2v) is 10.0. The normalized spacial score (nSPS) is 17.2. The first-order valence-corrected chi connectivity index (χ1v) is 11.8. The van der Waals surface area contributed by atoms with Crippen molar-refractivity contribution in [2.75, 3.05) is 18.0 Å². The van der Waals surface area contributed by atoms with Crippen LogP contribution in [0.15, 0.2) is 36.5 Å². The summed E-state index contributed by atoms with van der Waals surface area (Å²) in [7, 11) is 0. The summed E-state index contributed by atoms with van der Waals surface area (Å²) in [5.74, 6) is -0.652. The minimum absolute atomic E-state index is 0.00716. The number of aliphatic hydroxyl groups excluding tert-OH is 1. The maximum absolute atomic E-state index is 14.9. The molecule has 0 bridgehead atoms. The van der Waals surface area contributed by atoms with E-state index in [9.17, 15) is 24.3 Å². The van der Waals surface area contributed by atoms with E-state index in [1.807, 2.05) is 11.0 Å². The van der Waals surface area contributed by atoms with E-state index in [4.69, 9.17) is 4.74 Å². The van der Waals surface area contributed by atoms with E-state index in [-0.39, 0.29) is 40.3 Å². The quantitative estimate of drug-likeness (QED) is 0.575. The average Bonchev–Trinajstić information content (AvgIpc) is 3.56. The van der Waals surface area contributed by atoms with Crippen molar-refractivity contribution >= 4 is 17.8 Å². The lowest BCUT2D eigenvalue weighted by Crippen LogP contribution is -2.37. The van der Waals surface area contributed by atoms with Crippen LogP contribution in [0, 0.1) is 17.1 Å². The van der Waals surface area contributed by atoms with Gasteiger partial charge in [0.15, 0.2) is 5.82 Å². The second kappa shape index (κ2) is 8.97. The number of nitriles is 1. The molecule has 10 nitrogen and oxygen atoms in total. The molecule has 37 heavy (non-hydrogen) atoms. The molecule has 2 aromatic heterocycles. The Morgan fingerprint density at radius 1 is 1.27 bits per heavy atom. The lowest BCUT2D eigenvalue weighted by Gasteiger charge is -2.23. The number of aliphatic hydroxyl groups is 1. The molecule has 2 aliphatic rings. The maximum atomic E-state index is 14.9. The van der Waals surface area contributed by atoms with Gasteiger partial charge in [-0.1, -0.05) is 6.07 Å². The number of fused-ring (bicyclic) bond motifs is 1. The third-order valence-corrected chi connectivity index (χ3v) is 6.15. The van der Waals surface area contributed by atoms with Crippen LogP contribution in [0.2, 0.25) is 0 Å². The highest BCUT2D eigenvalue weighted by atomic mass is 19.1. The zero-order valence-electron chi connectivity index (χ0n) is 20.6. The van der Waals surface area contributed by atoms with Crippen LogP contribution in [0.3, 0.4) is 0 Å². The molecule has 11 heteroatoms. The molecule has 1 unspecified atom stereocenters. The lowest BCUT2D eigenvalue weighted by molar-refractivity contribution is 0.0247. The number of halogens is 1. The maximum Gasteiger partial charge on any atom is 0.417 e. The summed E-state index contributed by atoms with van der Waals surface area (Å²) in [6.07, 6.45) is 1.00. The van der Waals surface area contributed by atoms with Crippen molar-refractivity contribution in [3.05, 3.63) is 59.2 Å². The number of hydrogen-bond acceptors (Lipinski definition) is 8. The topological polar surface area (TPSA) is 125 Å². The first-order chi connectivity index (χ1) is 17.6. The molecule has 0 aliphatic carbocycles. The van der Waals surface area contributed by atoms with Crippen LogP contribution in [0.5, 0.6) is 0 Å². The fourth-order valence-corrected chi connectivity index (χ4v) is 4.50. The van der Waals surface area contributed by atoms with Gasteiger partial charge in [0, 0.05) is 25.4 Å². The number of anilines is 1. The minimum atomic E-state index is -0.821. The molecule has 1 atom stereocenters. The van der Waals surface area contributed by atoms with E-state index in [2.05, 4.69) is 10.1 Å². The summed E-state index contributed by atoms with van der Waals surface area (Å²) in [6.45, 7) is 5.98. The highest BCUT2D eigenvalue weighted by molar-refractivity contribution is 6.08. The van der Waals surface area contributed by atoms with E-state index in [1.54, 1.807) is 33.0 Å². The van der Waals surface area contributed by atoms with E-state index in [0.29, 0.717) is 25.3 Å². The molecule has 0 saturated carbocycles. The van der Waals surface area contributed by atoms with Gasteiger partial charge in [-0.2, -0.15) is 10.4 Å². The van der Waals surface area contributed by atoms with Gasteiger partial charge in [0.2, 0.25) is 0 Å². The van der Waals surface area contributed by atoms with Crippen molar-refractivity contribution < 1.29 is 23.8 Å². The fourth-order valence-electron chi connectivity index (χ4n) is 4.50. The molecule has 4 heterocycles. The second-order valence-electron chi connectivity index (χ2n) is 10.0. The molecule has 0 spiro atoms. The van der Waals surface area contributed by atoms with Crippen LogP contribution in [-0.2, 0) is 11.3 Å². The zero-order valence-corrected chi connectivity index (χ0v) is 20.6. The minimum Gasteiger partial charge on any atom is -0.443 e. The van der Waals surface area contributed by atoms with Crippen molar-refractivity contribution in [2.24, 2.45) is 0 Å². The van der Waals surface area contributed by atoms with Crippen LogP contribution >= 0.6 is 0 Å². The Labute approximate surface area is 212 Å². The molecule has 1 N–H and O–H groups in total. The van der Waals surface area contributed by atoms with Crippen molar-refractivity contribution in [3.63, 3.8) is 0 Å². The van der Waals surface area contributed by atoms with E-state index in [1.165, 1.54) is 28.9 Å². The Morgan fingerprint density at radius 3 is 2.73 bits per heavy atom. The number of aromatic nitrogens is 3. The number of imide groups is 1. The number of carbonyl (C=O) groups excluding carboxylic acids is 2. The summed E-state index contributed by atoms with van der Waals surface area (Å²) in [5.41, 5.74) is 0.0561. The fraction of sp³-hybridized carbons (Fsp3) is 0.346. The van der Waals surface area contributed by atoms with E-state index >= 15 is 0 Å². The van der Waals surface area contributed by atoms with Gasteiger partial charge < -0.3 is 14.7 Å². The van der Waals surface area contributed by atoms with Crippen molar-refractivity contribution in [2.45, 2.75) is 45.4 Å². The zero-order chi connectivity index (χ0) is 26.5. The van der Waals surface area contributed by atoms with Crippen LogP contribution in [0.25, 0.3) is 16.9 Å². The Hall–Kier alpha value is -4.30. The van der Waals surface area contributed by atoms with Gasteiger partial charge in [-0.25, -0.2) is 23.8 Å². The Balaban J connectivity index is 1.64. The highest BCUT2D eigenvalue weighted by Crippen LogP contribution is 2.34. The average molecular weight is 505 g/mol. The number of hydrogen-bond donors (Lipinski definition) is 1. The molecule has 3 aromatic rings.